The van der Waals surface area contributed by atoms with Gasteiger partial charge in [-0.25, -0.2) is 9.67 Å². The van der Waals surface area contributed by atoms with Crippen molar-refractivity contribution in [2.45, 2.75) is 43.9 Å². The van der Waals surface area contributed by atoms with Gasteiger partial charge in [0.2, 0.25) is 5.91 Å². The Bertz CT molecular complexity index is 1280. The number of aromatic nitrogens is 4. The highest BCUT2D eigenvalue weighted by Crippen LogP contribution is 2.45. The molecule has 0 radical (unpaired) electrons. The predicted octanol–water partition coefficient (Wildman–Crippen LogP) is 5.60. The van der Waals surface area contributed by atoms with Crippen molar-refractivity contribution in [1.82, 2.24) is 19.7 Å². The van der Waals surface area contributed by atoms with E-state index >= 15 is 0 Å². The van der Waals surface area contributed by atoms with Gasteiger partial charge in [0.1, 0.15) is 0 Å². The van der Waals surface area contributed by atoms with Crippen molar-refractivity contribution in [3.63, 3.8) is 0 Å². The number of nitrogens with zero attached hydrogens (tertiary/aromatic N) is 4. The second kappa shape index (κ2) is 9.49. The number of rotatable bonds is 6. The van der Waals surface area contributed by atoms with Crippen molar-refractivity contribution < 1.29 is 4.79 Å². The third-order valence-corrected chi connectivity index (χ3v) is 6.03. The van der Waals surface area contributed by atoms with E-state index < -0.39 is 0 Å². The summed E-state index contributed by atoms with van der Waals surface area (Å²) >= 11 is 0. The smallest absolute Gasteiger partial charge is 0.228 e. The second-order valence-electron chi connectivity index (χ2n) is 8.61. The molecule has 3 heterocycles. The first kappa shape index (κ1) is 23.2. The fourth-order valence-corrected chi connectivity index (χ4v) is 4.06. The molecule has 0 unspecified atom stereocenters. The number of amides is 1. The highest BCUT2D eigenvalue weighted by Gasteiger charge is 2.33. The van der Waals surface area contributed by atoms with E-state index in [2.05, 4.69) is 21.4 Å². The SMILES string of the molecule is Cl.Cl.O=C(Cc1ccc2ncccc2c1)Nc1ccc(-n2nc(C3CC3)cc2C2CC2)nc1. The average molecular weight is 482 g/mol. The Morgan fingerprint density at radius 3 is 2.52 bits per heavy atom. The van der Waals surface area contributed by atoms with Crippen LogP contribution in [0.3, 0.4) is 0 Å². The maximum Gasteiger partial charge on any atom is 0.228 e. The number of carbonyl (C=O) groups is 1. The molecule has 0 saturated heterocycles. The molecule has 0 spiro atoms. The Hall–Kier alpha value is -2.96. The number of nitrogens with one attached hydrogen (secondary N) is 1. The van der Waals surface area contributed by atoms with Crippen LogP contribution in [-0.4, -0.2) is 25.7 Å². The van der Waals surface area contributed by atoms with Gasteiger partial charge >= 0.3 is 0 Å². The highest BCUT2D eigenvalue weighted by atomic mass is 35.5. The van der Waals surface area contributed by atoms with E-state index in [1.807, 2.05) is 47.1 Å². The highest BCUT2D eigenvalue weighted by molar-refractivity contribution is 5.93. The Morgan fingerprint density at radius 2 is 1.79 bits per heavy atom. The molecule has 0 atom stereocenters. The lowest BCUT2D eigenvalue weighted by atomic mass is 10.1. The molecule has 170 valence electrons. The van der Waals surface area contributed by atoms with Crippen LogP contribution in [0.4, 0.5) is 5.69 Å². The van der Waals surface area contributed by atoms with Gasteiger partial charge in [-0.3, -0.25) is 9.78 Å². The summed E-state index contributed by atoms with van der Waals surface area (Å²) in [6.45, 7) is 0. The molecule has 33 heavy (non-hydrogen) atoms. The first-order valence-corrected chi connectivity index (χ1v) is 10.9. The molecule has 2 saturated carbocycles. The number of fused-ring (bicyclic) bond motifs is 1. The van der Waals surface area contributed by atoms with Crippen LogP contribution in [-0.2, 0) is 11.2 Å². The molecule has 2 aliphatic rings. The molecule has 6 nitrogen and oxygen atoms in total. The molecule has 1 aromatic carbocycles. The molecule has 4 aromatic rings. The molecule has 2 fully saturated rings. The van der Waals surface area contributed by atoms with E-state index in [1.54, 1.807) is 12.4 Å². The third kappa shape index (κ3) is 5.02. The molecule has 6 rings (SSSR count). The topological polar surface area (TPSA) is 72.7 Å². The maximum absolute atomic E-state index is 12.5. The van der Waals surface area contributed by atoms with Crippen LogP contribution in [0.25, 0.3) is 16.7 Å². The van der Waals surface area contributed by atoms with Crippen molar-refractivity contribution in [3.8, 4) is 5.82 Å². The summed E-state index contributed by atoms with van der Waals surface area (Å²) in [6, 6.07) is 15.9. The average Bonchev–Trinajstić information content (AvgIpc) is 3.73. The largest absolute Gasteiger partial charge is 0.324 e. The minimum absolute atomic E-state index is 0. The third-order valence-electron chi connectivity index (χ3n) is 6.03. The van der Waals surface area contributed by atoms with E-state index in [9.17, 15) is 4.79 Å². The quantitative estimate of drug-likeness (QED) is 0.389. The zero-order chi connectivity index (χ0) is 20.8. The molecule has 0 aliphatic heterocycles. The monoisotopic (exact) mass is 481 g/mol. The Balaban J connectivity index is 0.00000130. The lowest BCUT2D eigenvalue weighted by Crippen LogP contribution is -2.15. The predicted molar refractivity (Wildman–Crippen MR) is 134 cm³/mol. The van der Waals surface area contributed by atoms with Crippen molar-refractivity contribution in [2.24, 2.45) is 0 Å². The summed E-state index contributed by atoms with van der Waals surface area (Å²) < 4.78 is 2.00. The minimum atomic E-state index is -0.0634. The number of anilines is 1. The maximum atomic E-state index is 12.5. The molecular formula is C25H25Cl2N5O. The second-order valence-corrected chi connectivity index (χ2v) is 8.61. The summed E-state index contributed by atoms with van der Waals surface area (Å²) in [5.41, 5.74) is 5.06. The van der Waals surface area contributed by atoms with Crippen molar-refractivity contribution >= 4 is 47.3 Å². The van der Waals surface area contributed by atoms with Gasteiger partial charge in [0.25, 0.3) is 0 Å². The van der Waals surface area contributed by atoms with Gasteiger partial charge in [0, 0.05) is 29.1 Å². The number of hydrogen-bond acceptors (Lipinski definition) is 4. The van der Waals surface area contributed by atoms with Gasteiger partial charge in [0.05, 0.1) is 29.5 Å². The zero-order valence-corrected chi connectivity index (χ0v) is 19.6. The summed E-state index contributed by atoms with van der Waals surface area (Å²) in [6.07, 6.45) is 8.74. The van der Waals surface area contributed by atoms with Crippen LogP contribution in [0.5, 0.6) is 0 Å². The zero-order valence-electron chi connectivity index (χ0n) is 18.0. The summed E-state index contributed by atoms with van der Waals surface area (Å²) in [5.74, 6) is 1.99. The Morgan fingerprint density at radius 1 is 0.970 bits per heavy atom. The standard InChI is InChI=1S/C25H23N5O.2ClH/c31-25(13-16-3-9-21-19(12-16)2-1-11-26-21)28-20-8-10-24(27-15-20)30-23(18-6-7-18)14-22(29-30)17-4-5-17;;/h1-3,8-12,14-15,17-18H,4-7,13H2,(H,28,31);2*1H. The van der Waals surface area contributed by atoms with E-state index in [4.69, 9.17) is 5.10 Å². The van der Waals surface area contributed by atoms with E-state index in [-0.39, 0.29) is 30.7 Å². The number of halogens is 2. The fourth-order valence-electron chi connectivity index (χ4n) is 4.06. The summed E-state index contributed by atoms with van der Waals surface area (Å²) in [5, 5.41) is 8.83. The number of carbonyl (C=O) groups excluding carboxylic acids is 1. The van der Waals surface area contributed by atoms with Crippen molar-refractivity contribution in [2.75, 3.05) is 5.32 Å². The van der Waals surface area contributed by atoms with Crippen LogP contribution in [0.15, 0.2) is 60.9 Å². The fraction of sp³-hybridized carbons (Fsp3) is 0.280. The lowest BCUT2D eigenvalue weighted by molar-refractivity contribution is -0.115. The van der Waals surface area contributed by atoms with Crippen LogP contribution in [0.2, 0.25) is 0 Å². The lowest BCUT2D eigenvalue weighted by Gasteiger charge is -2.08. The first-order chi connectivity index (χ1) is 15.2. The minimum Gasteiger partial charge on any atom is -0.324 e. The molecule has 2 aliphatic carbocycles. The summed E-state index contributed by atoms with van der Waals surface area (Å²) in [4.78, 5) is 21.5. The molecule has 0 bridgehead atoms. The van der Waals surface area contributed by atoms with Gasteiger partial charge in [0.15, 0.2) is 5.82 Å². The van der Waals surface area contributed by atoms with Crippen LogP contribution in [0, 0.1) is 0 Å². The Kier molecular flexibility index (Phi) is 6.68. The van der Waals surface area contributed by atoms with Crippen LogP contribution in [0.1, 0.15) is 54.5 Å². The number of hydrogen-bond donors (Lipinski definition) is 1. The Labute approximate surface area is 204 Å². The van der Waals surface area contributed by atoms with Gasteiger partial charge in [-0.2, -0.15) is 5.10 Å². The van der Waals surface area contributed by atoms with Gasteiger partial charge in [-0.15, -0.1) is 24.8 Å². The normalized spacial score (nSPS) is 14.9. The van der Waals surface area contributed by atoms with Gasteiger partial charge in [-0.1, -0.05) is 12.1 Å². The van der Waals surface area contributed by atoms with Crippen LogP contribution < -0.4 is 5.32 Å². The van der Waals surface area contributed by atoms with E-state index in [1.165, 1.54) is 37.1 Å². The van der Waals surface area contributed by atoms with Gasteiger partial charge in [-0.05, 0) is 67.6 Å². The first-order valence-electron chi connectivity index (χ1n) is 10.9. The van der Waals surface area contributed by atoms with Crippen molar-refractivity contribution in [1.29, 1.82) is 0 Å². The van der Waals surface area contributed by atoms with Crippen LogP contribution >= 0.6 is 24.8 Å². The molecule has 3 aromatic heterocycles. The van der Waals surface area contributed by atoms with E-state index in [0.29, 0.717) is 23.9 Å². The van der Waals surface area contributed by atoms with Gasteiger partial charge < -0.3 is 5.32 Å². The molecule has 8 heteroatoms. The molecule has 1 amide bonds. The van der Waals surface area contributed by atoms with E-state index in [0.717, 1.165) is 22.3 Å². The number of benzene rings is 1. The molecular weight excluding hydrogens is 457 g/mol. The summed E-state index contributed by atoms with van der Waals surface area (Å²) in [7, 11) is 0. The number of pyridine rings is 2. The van der Waals surface area contributed by atoms with Crippen molar-refractivity contribution in [3.05, 3.63) is 77.9 Å². The molecule has 1 N–H and O–H groups in total.